The van der Waals surface area contributed by atoms with Crippen LogP contribution in [-0.4, -0.2) is 27.2 Å². The number of anilines is 2. The number of nitrogens with two attached hydrogens (primary N) is 1. The third-order valence-corrected chi connectivity index (χ3v) is 5.67. The zero-order chi connectivity index (χ0) is 26.4. The number of amides is 1. The fourth-order valence-corrected chi connectivity index (χ4v) is 3.94. The number of rotatable bonds is 8. The number of aryl methyl sites for hydroxylation is 1. The van der Waals surface area contributed by atoms with Crippen molar-refractivity contribution in [1.82, 2.24) is 19.9 Å². The van der Waals surface area contributed by atoms with E-state index in [1.807, 2.05) is 49.4 Å². The van der Waals surface area contributed by atoms with Crippen LogP contribution in [0, 0.1) is 6.92 Å². The minimum Gasteiger partial charge on any atom is -0.450 e. The summed E-state index contributed by atoms with van der Waals surface area (Å²) in [6.45, 7) is 8.14. The van der Waals surface area contributed by atoms with Gasteiger partial charge in [0.15, 0.2) is 0 Å². The topological polar surface area (TPSA) is 124 Å². The van der Waals surface area contributed by atoms with Crippen molar-refractivity contribution in [2.24, 2.45) is 0 Å². The Morgan fingerprint density at radius 2 is 1.84 bits per heavy atom. The van der Waals surface area contributed by atoms with Crippen molar-refractivity contribution in [3.8, 4) is 22.4 Å². The lowest BCUT2D eigenvalue weighted by Gasteiger charge is -2.19. The van der Waals surface area contributed by atoms with E-state index in [4.69, 9.17) is 10.5 Å². The Kier molecular flexibility index (Phi) is 7.63. The van der Waals surface area contributed by atoms with Crippen LogP contribution >= 0.6 is 0 Å². The van der Waals surface area contributed by atoms with Gasteiger partial charge in [-0.2, -0.15) is 0 Å². The number of aromatic nitrogens is 3. The summed E-state index contributed by atoms with van der Waals surface area (Å²) in [7, 11) is 0. The van der Waals surface area contributed by atoms with Crippen molar-refractivity contribution < 1.29 is 9.53 Å². The van der Waals surface area contributed by atoms with Crippen LogP contribution in [-0.2, 0) is 11.3 Å². The number of carbonyl (C=O) groups is 1. The van der Waals surface area contributed by atoms with E-state index in [1.54, 1.807) is 42.2 Å². The summed E-state index contributed by atoms with van der Waals surface area (Å²) in [5.74, 6) is 0.199. The van der Waals surface area contributed by atoms with Gasteiger partial charge in [-0.25, -0.2) is 4.79 Å². The molecule has 0 saturated carbocycles. The molecule has 1 aromatic carbocycles. The quantitative estimate of drug-likeness (QED) is 0.306. The number of benzene rings is 1. The fourth-order valence-electron chi connectivity index (χ4n) is 3.94. The number of pyridine rings is 3. The average molecular weight is 497 g/mol. The van der Waals surface area contributed by atoms with Crippen LogP contribution in [0.1, 0.15) is 18.2 Å². The number of hydrogen-bond donors (Lipinski definition) is 3. The molecule has 0 bridgehead atoms. The Hall–Kier alpha value is -4.92. The highest BCUT2D eigenvalue weighted by Gasteiger charge is 2.16. The highest BCUT2D eigenvalue weighted by molar-refractivity contribution is 5.91. The zero-order valence-electron chi connectivity index (χ0n) is 20.7. The number of hydrogen-bond acceptors (Lipinski definition) is 7. The van der Waals surface area contributed by atoms with Crippen LogP contribution in [0.15, 0.2) is 90.4 Å². The molecule has 4 aromatic rings. The molecule has 0 fully saturated rings. The molecule has 37 heavy (non-hydrogen) atoms. The lowest BCUT2D eigenvalue weighted by molar-refractivity contribution is 0.155. The first-order valence-corrected chi connectivity index (χ1v) is 11.7. The number of ether oxygens (including phenoxy) is 1. The second-order valence-electron chi connectivity index (χ2n) is 8.32. The number of carbonyl (C=O) groups excluding carboxylic acids is 1. The van der Waals surface area contributed by atoms with Crippen LogP contribution in [0.5, 0.6) is 0 Å². The predicted molar refractivity (Wildman–Crippen MR) is 145 cm³/mol. The summed E-state index contributed by atoms with van der Waals surface area (Å²) >= 11 is 0. The molecule has 4 rings (SSSR count). The molecular formula is C28H28N6O3. The van der Waals surface area contributed by atoms with Crippen LogP contribution < -0.4 is 21.9 Å². The van der Waals surface area contributed by atoms with E-state index < -0.39 is 6.09 Å². The van der Waals surface area contributed by atoms with Gasteiger partial charge in [0.2, 0.25) is 0 Å². The minimum absolute atomic E-state index is 0.126. The highest BCUT2D eigenvalue weighted by atomic mass is 16.5. The standard InChI is InChI=1S/C28H28N6O3/c1-4-37-28(36)33-19(3)32-27-23(25-7-5-6-10-31-25)14-22(15-24(27)29)21-13-18(2)34(26(35)16-21)17-20-8-11-30-12-9-20/h5-16,32H,3-4,17,29H2,1-2H3,(H,33,36). The molecular weight excluding hydrogens is 468 g/mol. The molecule has 9 heteroatoms. The van der Waals surface area contributed by atoms with Crippen molar-refractivity contribution in [2.45, 2.75) is 20.4 Å². The maximum Gasteiger partial charge on any atom is 0.412 e. The monoisotopic (exact) mass is 496 g/mol. The van der Waals surface area contributed by atoms with E-state index in [2.05, 4.69) is 27.2 Å². The molecule has 3 heterocycles. The van der Waals surface area contributed by atoms with Gasteiger partial charge in [0.25, 0.3) is 5.56 Å². The van der Waals surface area contributed by atoms with E-state index in [0.29, 0.717) is 29.2 Å². The normalized spacial score (nSPS) is 10.5. The van der Waals surface area contributed by atoms with Gasteiger partial charge >= 0.3 is 6.09 Å². The first kappa shape index (κ1) is 25.2. The molecule has 0 unspecified atom stereocenters. The molecule has 0 atom stereocenters. The summed E-state index contributed by atoms with van der Waals surface area (Å²) < 4.78 is 6.62. The second kappa shape index (κ2) is 11.2. The molecule has 0 saturated heterocycles. The Morgan fingerprint density at radius 1 is 1.08 bits per heavy atom. The molecule has 0 spiro atoms. The maximum absolute atomic E-state index is 13.1. The predicted octanol–water partition coefficient (Wildman–Crippen LogP) is 4.54. The van der Waals surface area contributed by atoms with Gasteiger partial charge < -0.3 is 20.4 Å². The molecule has 1 amide bonds. The van der Waals surface area contributed by atoms with Crippen molar-refractivity contribution in [3.63, 3.8) is 0 Å². The molecule has 0 aliphatic heterocycles. The van der Waals surface area contributed by atoms with Crippen molar-refractivity contribution in [3.05, 3.63) is 107 Å². The zero-order valence-corrected chi connectivity index (χ0v) is 20.7. The SMILES string of the molecule is C=C(NC(=O)OCC)Nc1c(N)cc(-c2cc(C)n(Cc3ccncc3)c(=O)c2)cc1-c1ccccn1. The average Bonchev–Trinajstić information content (AvgIpc) is 2.88. The molecule has 0 radical (unpaired) electrons. The summed E-state index contributed by atoms with van der Waals surface area (Å²) in [6.07, 6.45) is 4.46. The van der Waals surface area contributed by atoms with Gasteiger partial charge in [0, 0.05) is 35.9 Å². The van der Waals surface area contributed by atoms with Gasteiger partial charge in [-0.3, -0.25) is 20.1 Å². The van der Waals surface area contributed by atoms with Gasteiger partial charge in [-0.05, 0) is 73.0 Å². The summed E-state index contributed by atoms with van der Waals surface area (Å²) in [5.41, 5.74) is 11.9. The van der Waals surface area contributed by atoms with E-state index in [0.717, 1.165) is 22.4 Å². The summed E-state index contributed by atoms with van der Waals surface area (Å²) in [6, 6.07) is 16.5. The number of nitrogen functional groups attached to an aromatic ring is 1. The Balaban J connectivity index is 1.73. The van der Waals surface area contributed by atoms with Crippen molar-refractivity contribution in [2.75, 3.05) is 17.7 Å². The first-order chi connectivity index (χ1) is 17.9. The van der Waals surface area contributed by atoms with Crippen molar-refractivity contribution in [1.29, 1.82) is 0 Å². The Bertz CT molecular complexity index is 1480. The highest BCUT2D eigenvalue weighted by Crippen LogP contribution is 2.37. The smallest absolute Gasteiger partial charge is 0.412 e. The van der Waals surface area contributed by atoms with Gasteiger partial charge in [-0.1, -0.05) is 12.6 Å². The molecule has 0 aliphatic rings. The lowest BCUT2D eigenvalue weighted by Crippen LogP contribution is -2.27. The molecule has 188 valence electrons. The lowest BCUT2D eigenvalue weighted by atomic mass is 9.98. The number of nitrogens with zero attached hydrogens (tertiary/aromatic N) is 3. The van der Waals surface area contributed by atoms with E-state index >= 15 is 0 Å². The van der Waals surface area contributed by atoms with E-state index in [1.165, 1.54) is 0 Å². The largest absolute Gasteiger partial charge is 0.450 e. The van der Waals surface area contributed by atoms with E-state index in [-0.39, 0.29) is 18.0 Å². The van der Waals surface area contributed by atoms with Gasteiger partial charge in [-0.15, -0.1) is 0 Å². The molecule has 9 nitrogen and oxygen atoms in total. The second-order valence-corrected chi connectivity index (χ2v) is 8.32. The van der Waals surface area contributed by atoms with Crippen LogP contribution in [0.2, 0.25) is 0 Å². The fraction of sp³-hybridized carbons (Fsp3) is 0.143. The third-order valence-electron chi connectivity index (χ3n) is 5.67. The van der Waals surface area contributed by atoms with Crippen LogP contribution in [0.4, 0.5) is 16.2 Å². The molecule has 0 aliphatic carbocycles. The third kappa shape index (κ3) is 6.02. The Morgan fingerprint density at radius 3 is 2.51 bits per heavy atom. The number of alkyl carbamates (subject to hydrolysis) is 1. The first-order valence-electron chi connectivity index (χ1n) is 11.7. The van der Waals surface area contributed by atoms with Crippen LogP contribution in [0.3, 0.4) is 0 Å². The maximum atomic E-state index is 13.1. The van der Waals surface area contributed by atoms with Gasteiger partial charge in [0.05, 0.1) is 30.2 Å². The van der Waals surface area contributed by atoms with E-state index in [9.17, 15) is 9.59 Å². The Labute approximate surface area is 214 Å². The summed E-state index contributed by atoms with van der Waals surface area (Å²) in [5, 5.41) is 5.59. The van der Waals surface area contributed by atoms with Gasteiger partial charge in [0.1, 0.15) is 5.82 Å². The minimum atomic E-state index is -0.627. The molecule has 4 N–H and O–H groups in total. The molecule has 3 aromatic heterocycles. The number of nitrogens with one attached hydrogen (secondary N) is 2. The summed E-state index contributed by atoms with van der Waals surface area (Å²) in [4.78, 5) is 33.4. The van der Waals surface area contributed by atoms with Crippen LogP contribution in [0.25, 0.3) is 22.4 Å². The van der Waals surface area contributed by atoms with Crippen molar-refractivity contribution >= 4 is 17.5 Å².